The van der Waals surface area contributed by atoms with Gasteiger partial charge in [0.1, 0.15) is 0 Å². The van der Waals surface area contributed by atoms with Crippen LogP contribution in [0.1, 0.15) is 26.0 Å². The number of hydrogen-bond acceptors (Lipinski definition) is 3. The van der Waals surface area contributed by atoms with Gasteiger partial charge in [0.25, 0.3) is 0 Å². The number of nitrogens with one attached hydrogen (secondary N) is 2. The highest BCUT2D eigenvalue weighted by Gasteiger charge is 2.35. The lowest BCUT2D eigenvalue weighted by molar-refractivity contribution is -0.130. The molecule has 0 radical (unpaired) electrons. The average molecular weight is 250 g/mol. The van der Waals surface area contributed by atoms with Crippen LogP contribution in [0.2, 0.25) is 0 Å². The number of likely N-dealkylation sites (tertiary alicyclic amines) is 1. The molecule has 1 unspecified atom stereocenters. The molecule has 0 saturated carbocycles. The summed E-state index contributed by atoms with van der Waals surface area (Å²) in [4.78, 5) is 25.4. The number of hydrogen-bond donors (Lipinski definition) is 2. The van der Waals surface area contributed by atoms with E-state index in [0.29, 0.717) is 19.5 Å². The van der Waals surface area contributed by atoms with Crippen LogP contribution >= 0.6 is 0 Å². The summed E-state index contributed by atoms with van der Waals surface area (Å²) in [5.41, 5.74) is 0.855. The third-order valence-electron chi connectivity index (χ3n) is 3.16. The zero-order valence-corrected chi connectivity index (χ0v) is 10.6. The quantitative estimate of drug-likeness (QED) is 0.806. The summed E-state index contributed by atoms with van der Waals surface area (Å²) in [6.45, 7) is 4.86. The van der Waals surface area contributed by atoms with Crippen molar-refractivity contribution >= 4 is 11.8 Å². The zero-order valence-electron chi connectivity index (χ0n) is 10.6. The number of carbonyl (C=O) groups is 2. The molecule has 0 bridgehead atoms. The molecule has 2 rings (SSSR count). The molecule has 6 nitrogen and oxygen atoms in total. The highest BCUT2D eigenvalue weighted by molar-refractivity contribution is 5.89. The van der Waals surface area contributed by atoms with E-state index in [1.54, 1.807) is 17.2 Å². The van der Waals surface area contributed by atoms with Crippen LogP contribution in [0.25, 0.3) is 0 Å². The second kappa shape index (κ2) is 5.20. The highest BCUT2D eigenvalue weighted by atomic mass is 16.2. The van der Waals surface area contributed by atoms with Crippen LogP contribution in [0.4, 0.5) is 0 Å². The molecule has 6 heteroatoms. The fourth-order valence-electron chi connectivity index (χ4n) is 2.12. The van der Waals surface area contributed by atoms with Gasteiger partial charge in [0.15, 0.2) is 0 Å². The number of rotatable bonds is 4. The van der Waals surface area contributed by atoms with Crippen LogP contribution in [0, 0.1) is 5.92 Å². The van der Waals surface area contributed by atoms with Gasteiger partial charge in [-0.05, 0) is 19.9 Å². The molecule has 2 heterocycles. The molecule has 1 atom stereocenters. The zero-order chi connectivity index (χ0) is 13.1. The number of carbonyl (C=O) groups excluding carboxylic acids is 2. The van der Waals surface area contributed by atoms with Gasteiger partial charge in [-0.3, -0.25) is 14.7 Å². The first kappa shape index (κ1) is 12.6. The van der Waals surface area contributed by atoms with Gasteiger partial charge in [0.05, 0.1) is 18.2 Å². The normalized spacial score (nSPS) is 19.6. The summed E-state index contributed by atoms with van der Waals surface area (Å²) in [7, 11) is 0. The van der Waals surface area contributed by atoms with Gasteiger partial charge in [0, 0.05) is 25.2 Å². The van der Waals surface area contributed by atoms with Crippen molar-refractivity contribution in [2.75, 3.05) is 6.54 Å². The second-order valence-corrected chi connectivity index (χ2v) is 4.84. The number of aromatic amines is 1. The molecular formula is C12H18N4O2. The van der Waals surface area contributed by atoms with Crippen molar-refractivity contribution in [1.82, 2.24) is 20.4 Å². The molecule has 2 amide bonds. The van der Waals surface area contributed by atoms with E-state index in [9.17, 15) is 9.59 Å². The van der Waals surface area contributed by atoms with Crippen LogP contribution in [-0.4, -0.2) is 39.5 Å². The Morgan fingerprint density at radius 1 is 1.67 bits per heavy atom. The smallest absolute Gasteiger partial charge is 0.225 e. The summed E-state index contributed by atoms with van der Waals surface area (Å²) < 4.78 is 0. The standard InChI is InChI=1S/C12H18N4O2/c1-8(2)16-7-9(5-11(16)17)12(18)13-6-10-3-4-14-15-10/h3-4,8-9H,5-7H2,1-2H3,(H,13,18)(H,14,15). The van der Waals surface area contributed by atoms with E-state index >= 15 is 0 Å². The van der Waals surface area contributed by atoms with E-state index in [2.05, 4.69) is 15.5 Å². The summed E-state index contributed by atoms with van der Waals surface area (Å²) in [6.07, 6.45) is 1.95. The van der Waals surface area contributed by atoms with Crippen molar-refractivity contribution in [1.29, 1.82) is 0 Å². The summed E-state index contributed by atoms with van der Waals surface area (Å²) in [5, 5.41) is 9.40. The lowest BCUT2D eigenvalue weighted by atomic mass is 10.1. The molecule has 2 N–H and O–H groups in total. The fourth-order valence-corrected chi connectivity index (χ4v) is 2.12. The Bertz CT molecular complexity index is 427. The molecule has 0 aliphatic carbocycles. The maximum absolute atomic E-state index is 11.9. The first-order valence-electron chi connectivity index (χ1n) is 6.13. The average Bonchev–Trinajstić information content (AvgIpc) is 2.94. The van der Waals surface area contributed by atoms with Gasteiger partial charge in [-0.2, -0.15) is 5.10 Å². The Labute approximate surface area is 106 Å². The van der Waals surface area contributed by atoms with Crippen LogP contribution in [0.15, 0.2) is 12.3 Å². The predicted octanol–water partition coefficient (Wildman–Crippen LogP) is 0.283. The molecule has 1 aromatic heterocycles. The molecular weight excluding hydrogens is 232 g/mol. The maximum atomic E-state index is 11.9. The van der Waals surface area contributed by atoms with Gasteiger partial charge < -0.3 is 10.2 Å². The van der Waals surface area contributed by atoms with Crippen molar-refractivity contribution in [3.05, 3.63) is 18.0 Å². The number of H-pyrrole nitrogens is 1. The Morgan fingerprint density at radius 2 is 2.44 bits per heavy atom. The minimum absolute atomic E-state index is 0.0618. The lowest BCUT2D eigenvalue weighted by Gasteiger charge is -2.20. The van der Waals surface area contributed by atoms with E-state index < -0.39 is 0 Å². The van der Waals surface area contributed by atoms with Crippen molar-refractivity contribution in [3.8, 4) is 0 Å². The Balaban J connectivity index is 1.85. The Kier molecular flexibility index (Phi) is 3.64. The molecule has 1 aliphatic rings. The maximum Gasteiger partial charge on any atom is 0.225 e. The lowest BCUT2D eigenvalue weighted by Crippen LogP contribution is -2.35. The molecule has 0 spiro atoms. The minimum Gasteiger partial charge on any atom is -0.350 e. The van der Waals surface area contributed by atoms with Crippen LogP contribution in [0.3, 0.4) is 0 Å². The van der Waals surface area contributed by atoms with Gasteiger partial charge in [-0.15, -0.1) is 0 Å². The number of amides is 2. The topological polar surface area (TPSA) is 78.1 Å². The fraction of sp³-hybridized carbons (Fsp3) is 0.583. The van der Waals surface area contributed by atoms with Crippen LogP contribution < -0.4 is 5.32 Å². The van der Waals surface area contributed by atoms with Gasteiger partial charge in [0.2, 0.25) is 11.8 Å². The molecule has 1 aromatic rings. The minimum atomic E-state index is -0.233. The molecule has 1 aliphatic heterocycles. The first-order valence-corrected chi connectivity index (χ1v) is 6.13. The SMILES string of the molecule is CC(C)N1CC(C(=O)NCc2ccn[nH]2)CC1=O. The second-order valence-electron chi connectivity index (χ2n) is 4.84. The van der Waals surface area contributed by atoms with Crippen molar-refractivity contribution in [2.24, 2.45) is 5.92 Å². The van der Waals surface area contributed by atoms with E-state index in [4.69, 9.17) is 0 Å². The number of aromatic nitrogens is 2. The van der Waals surface area contributed by atoms with Crippen molar-refractivity contribution in [3.63, 3.8) is 0 Å². The summed E-state index contributed by atoms with van der Waals surface area (Å²) in [5.74, 6) is -0.240. The molecule has 1 saturated heterocycles. The van der Waals surface area contributed by atoms with Crippen LogP contribution in [0.5, 0.6) is 0 Å². The van der Waals surface area contributed by atoms with E-state index in [1.165, 1.54) is 0 Å². The van der Waals surface area contributed by atoms with Gasteiger partial charge in [-0.1, -0.05) is 0 Å². The monoisotopic (exact) mass is 250 g/mol. The number of nitrogens with zero attached hydrogens (tertiary/aromatic N) is 2. The van der Waals surface area contributed by atoms with Crippen molar-refractivity contribution < 1.29 is 9.59 Å². The third-order valence-corrected chi connectivity index (χ3v) is 3.16. The Hall–Kier alpha value is -1.85. The largest absolute Gasteiger partial charge is 0.350 e. The van der Waals surface area contributed by atoms with E-state index in [-0.39, 0.29) is 23.8 Å². The summed E-state index contributed by atoms with van der Waals surface area (Å²) in [6, 6.07) is 1.96. The molecule has 1 fully saturated rings. The molecule has 18 heavy (non-hydrogen) atoms. The van der Waals surface area contributed by atoms with Crippen LogP contribution in [-0.2, 0) is 16.1 Å². The van der Waals surface area contributed by atoms with Gasteiger partial charge >= 0.3 is 0 Å². The summed E-state index contributed by atoms with van der Waals surface area (Å²) >= 11 is 0. The van der Waals surface area contributed by atoms with E-state index in [0.717, 1.165) is 5.69 Å². The van der Waals surface area contributed by atoms with E-state index in [1.807, 2.05) is 13.8 Å². The van der Waals surface area contributed by atoms with Gasteiger partial charge in [-0.25, -0.2) is 0 Å². The predicted molar refractivity (Wildman–Crippen MR) is 65.4 cm³/mol. The third kappa shape index (κ3) is 2.69. The Morgan fingerprint density at radius 3 is 3.00 bits per heavy atom. The van der Waals surface area contributed by atoms with Crippen molar-refractivity contribution in [2.45, 2.75) is 32.9 Å². The highest BCUT2D eigenvalue weighted by Crippen LogP contribution is 2.20. The first-order chi connectivity index (χ1) is 8.58. The molecule has 0 aromatic carbocycles. The molecule has 98 valence electrons.